The molecule has 0 heterocycles. The zero-order chi connectivity index (χ0) is 31.0. The third-order valence-electron chi connectivity index (χ3n) is 13.0. The van der Waals surface area contributed by atoms with Gasteiger partial charge in [0, 0.05) is 12.8 Å². The van der Waals surface area contributed by atoms with E-state index in [2.05, 4.69) is 45.6 Å². The standard InChI is InChI=1S/C38H69N3O2/c1-28(2)11-8-12-29(3)33-16-17-34-32-15-14-30-27-31(18-20-37(30,4)35(32)19-21-38(33,34)5)43-36(42)13-9-25-41(26-10-23-40)24-7-6-22-39/h14,28-29,31-35H,6-13,15-27,39-40H2,1-5H3. The SMILES string of the molecule is CC(C)CCCC(C)C1CCC2C3CC=C4CC(OC(=O)CCCN(CCCN)CCCCN)CCC4(C)C3CCC12C. The fourth-order valence-corrected chi connectivity index (χ4v) is 10.6. The summed E-state index contributed by atoms with van der Waals surface area (Å²) < 4.78 is 6.12. The van der Waals surface area contributed by atoms with Crippen LogP contribution < -0.4 is 11.5 Å². The van der Waals surface area contributed by atoms with Crippen LogP contribution in [0.3, 0.4) is 0 Å². The van der Waals surface area contributed by atoms with Crippen molar-refractivity contribution in [1.29, 1.82) is 0 Å². The number of nitrogens with two attached hydrogens (primary N) is 2. The molecule has 0 bridgehead atoms. The summed E-state index contributed by atoms with van der Waals surface area (Å²) in [6.07, 6.45) is 21.6. The Bertz CT molecular complexity index is 904. The second kappa shape index (κ2) is 16.1. The molecule has 4 aliphatic rings. The third kappa shape index (κ3) is 8.47. The zero-order valence-corrected chi connectivity index (χ0v) is 28.9. The normalized spacial score (nSPS) is 34.4. The van der Waals surface area contributed by atoms with E-state index >= 15 is 0 Å². The fourth-order valence-electron chi connectivity index (χ4n) is 10.6. The highest BCUT2D eigenvalue weighted by atomic mass is 16.5. The van der Waals surface area contributed by atoms with Crippen LogP contribution in [0.2, 0.25) is 0 Å². The Hall–Kier alpha value is -0.910. The van der Waals surface area contributed by atoms with Crippen LogP contribution >= 0.6 is 0 Å². The molecule has 0 radical (unpaired) electrons. The monoisotopic (exact) mass is 600 g/mol. The number of carbonyl (C=O) groups excluding carboxylic acids is 1. The molecule has 0 aromatic rings. The molecule has 248 valence electrons. The molecule has 3 saturated carbocycles. The van der Waals surface area contributed by atoms with Gasteiger partial charge in [-0.15, -0.1) is 0 Å². The molecule has 4 rings (SSSR count). The van der Waals surface area contributed by atoms with E-state index < -0.39 is 0 Å². The van der Waals surface area contributed by atoms with Gasteiger partial charge in [0.2, 0.25) is 0 Å². The van der Waals surface area contributed by atoms with Gasteiger partial charge >= 0.3 is 5.97 Å². The van der Waals surface area contributed by atoms with Gasteiger partial charge in [0.05, 0.1) is 0 Å². The summed E-state index contributed by atoms with van der Waals surface area (Å²) in [6.45, 7) is 17.0. The van der Waals surface area contributed by atoms with E-state index in [1.54, 1.807) is 5.57 Å². The third-order valence-corrected chi connectivity index (χ3v) is 13.0. The van der Waals surface area contributed by atoms with E-state index in [9.17, 15) is 4.79 Å². The number of ether oxygens (including phenoxy) is 1. The maximum Gasteiger partial charge on any atom is 0.306 e. The lowest BCUT2D eigenvalue weighted by atomic mass is 9.47. The van der Waals surface area contributed by atoms with Crippen molar-refractivity contribution >= 4 is 5.97 Å². The molecular formula is C38H69N3O2. The van der Waals surface area contributed by atoms with Gasteiger partial charge in [-0.3, -0.25) is 4.79 Å². The lowest BCUT2D eigenvalue weighted by Gasteiger charge is -2.58. The number of carbonyl (C=O) groups is 1. The lowest BCUT2D eigenvalue weighted by molar-refractivity contribution is -0.151. The van der Waals surface area contributed by atoms with E-state index in [1.807, 2.05) is 0 Å². The largest absolute Gasteiger partial charge is 0.462 e. The average molecular weight is 600 g/mol. The first-order valence-electron chi connectivity index (χ1n) is 18.6. The van der Waals surface area contributed by atoms with E-state index in [-0.39, 0.29) is 12.1 Å². The number of allylic oxidation sites excluding steroid dienone is 1. The van der Waals surface area contributed by atoms with Crippen molar-refractivity contribution in [3.05, 3.63) is 11.6 Å². The van der Waals surface area contributed by atoms with E-state index in [0.29, 0.717) is 23.8 Å². The fraction of sp³-hybridized carbons (Fsp3) is 0.921. The van der Waals surface area contributed by atoms with Crippen LogP contribution in [0.15, 0.2) is 11.6 Å². The Morgan fingerprint density at radius 3 is 2.40 bits per heavy atom. The maximum absolute atomic E-state index is 12.9. The number of rotatable bonds is 17. The van der Waals surface area contributed by atoms with Crippen LogP contribution in [-0.2, 0) is 9.53 Å². The molecule has 0 saturated heterocycles. The van der Waals surface area contributed by atoms with Crippen LogP contribution in [0, 0.1) is 46.3 Å². The van der Waals surface area contributed by atoms with Crippen LogP contribution in [0.1, 0.15) is 137 Å². The molecule has 0 amide bonds. The van der Waals surface area contributed by atoms with Crippen molar-refractivity contribution in [1.82, 2.24) is 4.90 Å². The van der Waals surface area contributed by atoms with Gasteiger partial charge in [-0.1, -0.05) is 65.5 Å². The van der Waals surface area contributed by atoms with Gasteiger partial charge in [-0.25, -0.2) is 0 Å². The van der Waals surface area contributed by atoms with Gasteiger partial charge in [-0.05, 0) is 150 Å². The molecule has 0 aromatic heterocycles. The Balaban J connectivity index is 1.28. The highest BCUT2D eigenvalue weighted by Gasteiger charge is 2.59. The Morgan fingerprint density at radius 2 is 1.65 bits per heavy atom. The molecule has 0 aliphatic heterocycles. The summed E-state index contributed by atoms with van der Waals surface area (Å²) in [4.78, 5) is 15.3. The molecule has 3 fully saturated rings. The van der Waals surface area contributed by atoms with Gasteiger partial charge < -0.3 is 21.1 Å². The van der Waals surface area contributed by atoms with E-state index in [0.717, 1.165) is 100 Å². The summed E-state index contributed by atoms with van der Waals surface area (Å²) in [5, 5.41) is 0. The van der Waals surface area contributed by atoms with Crippen LogP contribution in [0.25, 0.3) is 0 Å². The predicted octanol–water partition coefficient (Wildman–Crippen LogP) is 8.11. The molecule has 4 N–H and O–H groups in total. The molecule has 43 heavy (non-hydrogen) atoms. The highest BCUT2D eigenvalue weighted by Crippen LogP contribution is 2.67. The van der Waals surface area contributed by atoms with Crippen molar-refractivity contribution in [3.8, 4) is 0 Å². The molecule has 8 unspecified atom stereocenters. The zero-order valence-electron chi connectivity index (χ0n) is 28.9. The van der Waals surface area contributed by atoms with Crippen molar-refractivity contribution in [2.75, 3.05) is 32.7 Å². The first-order chi connectivity index (χ1) is 20.6. The lowest BCUT2D eigenvalue weighted by Crippen LogP contribution is -2.51. The molecule has 8 atom stereocenters. The summed E-state index contributed by atoms with van der Waals surface area (Å²) in [7, 11) is 0. The first-order valence-corrected chi connectivity index (χ1v) is 18.6. The quantitative estimate of drug-likeness (QED) is 0.100. The topological polar surface area (TPSA) is 81.6 Å². The molecule has 0 spiro atoms. The number of esters is 1. The first kappa shape index (κ1) is 35.0. The van der Waals surface area contributed by atoms with E-state index in [4.69, 9.17) is 16.2 Å². The number of fused-ring (bicyclic) bond motifs is 5. The minimum atomic E-state index is -0.00318. The van der Waals surface area contributed by atoms with Crippen molar-refractivity contribution in [2.45, 2.75) is 143 Å². The van der Waals surface area contributed by atoms with Crippen molar-refractivity contribution in [2.24, 2.45) is 57.8 Å². The Kier molecular flexibility index (Phi) is 13.1. The number of hydrogen-bond donors (Lipinski definition) is 2. The minimum Gasteiger partial charge on any atom is -0.462 e. The maximum atomic E-state index is 12.9. The van der Waals surface area contributed by atoms with Crippen LogP contribution in [-0.4, -0.2) is 49.7 Å². The van der Waals surface area contributed by atoms with Gasteiger partial charge in [0.15, 0.2) is 0 Å². The van der Waals surface area contributed by atoms with Crippen molar-refractivity contribution in [3.63, 3.8) is 0 Å². The summed E-state index contributed by atoms with van der Waals surface area (Å²) in [6, 6.07) is 0. The highest BCUT2D eigenvalue weighted by molar-refractivity contribution is 5.69. The molecule has 5 nitrogen and oxygen atoms in total. The molecule has 5 heteroatoms. The predicted molar refractivity (Wildman–Crippen MR) is 181 cm³/mol. The molecule has 0 aromatic carbocycles. The van der Waals surface area contributed by atoms with Crippen molar-refractivity contribution < 1.29 is 9.53 Å². The smallest absolute Gasteiger partial charge is 0.306 e. The molecular weight excluding hydrogens is 530 g/mol. The summed E-state index contributed by atoms with van der Waals surface area (Å²) in [5.74, 6) is 5.17. The Labute approximate surface area is 265 Å². The number of hydrogen-bond acceptors (Lipinski definition) is 5. The second-order valence-electron chi connectivity index (χ2n) is 16.2. The number of unbranched alkanes of at least 4 members (excludes halogenated alkanes) is 1. The van der Waals surface area contributed by atoms with Gasteiger partial charge in [-0.2, -0.15) is 0 Å². The van der Waals surface area contributed by atoms with Crippen LogP contribution in [0.5, 0.6) is 0 Å². The summed E-state index contributed by atoms with van der Waals surface area (Å²) >= 11 is 0. The summed E-state index contributed by atoms with van der Waals surface area (Å²) in [5.41, 5.74) is 13.9. The molecule has 4 aliphatic carbocycles. The minimum absolute atomic E-state index is 0.00318. The van der Waals surface area contributed by atoms with Crippen LogP contribution in [0.4, 0.5) is 0 Å². The second-order valence-corrected chi connectivity index (χ2v) is 16.2. The Morgan fingerprint density at radius 1 is 0.907 bits per heavy atom. The number of nitrogens with zero attached hydrogens (tertiary/aromatic N) is 1. The average Bonchev–Trinajstić information content (AvgIpc) is 3.33. The van der Waals surface area contributed by atoms with Gasteiger partial charge in [0.25, 0.3) is 0 Å². The van der Waals surface area contributed by atoms with Gasteiger partial charge in [0.1, 0.15) is 6.10 Å². The van der Waals surface area contributed by atoms with E-state index in [1.165, 1.54) is 57.8 Å².